The second-order valence-electron chi connectivity index (χ2n) is 3.82. The summed E-state index contributed by atoms with van der Waals surface area (Å²) in [4.78, 5) is 23.0. The van der Waals surface area contributed by atoms with Gasteiger partial charge in [-0.2, -0.15) is 0 Å². The Morgan fingerprint density at radius 1 is 1.56 bits per heavy atom. The Bertz CT molecular complexity index is 540. The van der Waals surface area contributed by atoms with Crippen LogP contribution in [0.5, 0.6) is 0 Å². The first-order chi connectivity index (χ1) is 8.40. The monoisotopic (exact) mass is 336 g/mol. The first-order valence-electron chi connectivity index (χ1n) is 4.98. The Kier molecular flexibility index (Phi) is 3.54. The zero-order valence-electron chi connectivity index (χ0n) is 8.90. The summed E-state index contributed by atoms with van der Waals surface area (Å²) in [5.74, 6) is -1.09. The van der Waals surface area contributed by atoms with Crippen LogP contribution in [0, 0.1) is 15.9 Å². The summed E-state index contributed by atoms with van der Waals surface area (Å²) in [7, 11) is 0. The van der Waals surface area contributed by atoms with E-state index < -0.39 is 16.4 Å². The van der Waals surface area contributed by atoms with Crippen LogP contribution in [0.1, 0.15) is 6.42 Å². The van der Waals surface area contributed by atoms with Gasteiger partial charge in [-0.1, -0.05) is 27.5 Å². The van der Waals surface area contributed by atoms with Crippen LogP contribution in [0.3, 0.4) is 0 Å². The molecule has 0 aliphatic carbocycles. The summed E-state index contributed by atoms with van der Waals surface area (Å²) < 4.78 is 13.1. The molecule has 0 spiro atoms. The van der Waals surface area contributed by atoms with E-state index >= 15 is 0 Å². The molecule has 1 aromatic rings. The SMILES string of the molecule is O=C1CC(Br)CN1c1c(Cl)cc(F)cc1[N+](=O)[O-]. The molecule has 0 bridgehead atoms. The van der Waals surface area contributed by atoms with Crippen LogP contribution in [0.25, 0.3) is 0 Å². The average molecular weight is 338 g/mol. The largest absolute Gasteiger partial charge is 0.304 e. The minimum absolute atomic E-state index is 0.0463. The van der Waals surface area contributed by atoms with Crippen molar-refractivity contribution in [1.29, 1.82) is 0 Å². The van der Waals surface area contributed by atoms with Crippen molar-refractivity contribution in [1.82, 2.24) is 0 Å². The number of hydrogen-bond acceptors (Lipinski definition) is 3. The number of carbonyl (C=O) groups excluding carboxylic acids is 1. The number of halogens is 3. The van der Waals surface area contributed by atoms with Gasteiger partial charge in [0.05, 0.1) is 16.0 Å². The van der Waals surface area contributed by atoms with Crippen LogP contribution in [0.2, 0.25) is 5.02 Å². The quantitative estimate of drug-likeness (QED) is 0.473. The second-order valence-corrected chi connectivity index (χ2v) is 5.52. The third-order valence-electron chi connectivity index (χ3n) is 2.55. The van der Waals surface area contributed by atoms with Crippen LogP contribution in [0.4, 0.5) is 15.8 Å². The van der Waals surface area contributed by atoms with Crippen LogP contribution in [0.15, 0.2) is 12.1 Å². The number of nitrogens with zero attached hydrogens (tertiary/aromatic N) is 2. The average Bonchev–Trinajstić information content (AvgIpc) is 2.56. The third-order valence-corrected chi connectivity index (χ3v) is 3.45. The van der Waals surface area contributed by atoms with Gasteiger partial charge in [0.1, 0.15) is 11.5 Å². The maximum Gasteiger partial charge on any atom is 0.297 e. The van der Waals surface area contributed by atoms with Gasteiger partial charge in [-0.15, -0.1) is 0 Å². The van der Waals surface area contributed by atoms with E-state index in [0.717, 1.165) is 12.1 Å². The summed E-state index contributed by atoms with van der Waals surface area (Å²) in [5, 5.41) is 10.8. The van der Waals surface area contributed by atoms with Crippen molar-refractivity contribution in [3.05, 3.63) is 33.1 Å². The van der Waals surface area contributed by atoms with Gasteiger partial charge in [-0.25, -0.2) is 4.39 Å². The molecule has 1 atom stereocenters. The summed E-state index contributed by atoms with van der Waals surface area (Å²) in [6.45, 7) is 0.269. The third kappa shape index (κ3) is 2.32. The molecule has 1 saturated heterocycles. The molecule has 1 aromatic carbocycles. The van der Waals surface area contributed by atoms with E-state index in [1.54, 1.807) is 0 Å². The number of alkyl halides is 1. The fourth-order valence-electron chi connectivity index (χ4n) is 1.84. The van der Waals surface area contributed by atoms with Crippen molar-refractivity contribution in [2.75, 3.05) is 11.4 Å². The topological polar surface area (TPSA) is 63.5 Å². The molecule has 1 aliphatic heterocycles. The molecule has 0 N–H and O–H groups in total. The molecule has 8 heteroatoms. The summed E-state index contributed by atoms with van der Waals surface area (Å²) in [6, 6.07) is 1.72. The molecule has 1 fully saturated rings. The van der Waals surface area contributed by atoms with Crippen molar-refractivity contribution < 1.29 is 14.1 Å². The highest BCUT2D eigenvalue weighted by Gasteiger charge is 2.35. The molecule has 1 unspecified atom stereocenters. The molecule has 18 heavy (non-hydrogen) atoms. The van der Waals surface area contributed by atoms with E-state index in [9.17, 15) is 19.3 Å². The first kappa shape index (κ1) is 13.2. The van der Waals surface area contributed by atoms with E-state index in [4.69, 9.17) is 11.6 Å². The number of nitro benzene ring substituents is 1. The molecule has 0 saturated carbocycles. The fourth-order valence-corrected chi connectivity index (χ4v) is 2.71. The summed E-state index contributed by atoms with van der Waals surface area (Å²) in [5.41, 5.74) is -0.551. The first-order valence-corrected chi connectivity index (χ1v) is 6.27. The molecular formula is C10H7BrClFN2O3. The Labute approximate surface area is 115 Å². The van der Waals surface area contributed by atoms with E-state index in [0.29, 0.717) is 0 Å². The minimum Gasteiger partial charge on any atom is -0.304 e. The Balaban J connectivity index is 2.56. The number of carbonyl (C=O) groups is 1. The maximum absolute atomic E-state index is 13.1. The number of rotatable bonds is 2. The lowest BCUT2D eigenvalue weighted by molar-refractivity contribution is -0.384. The number of nitro groups is 1. The lowest BCUT2D eigenvalue weighted by atomic mass is 10.2. The number of benzene rings is 1. The van der Waals surface area contributed by atoms with Crippen molar-refractivity contribution in [3.63, 3.8) is 0 Å². The van der Waals surface area contributed by atoms with Gasteiger partial charge >= 0.3 is 0 Å². The van der Waals surface area contributed by atoms with Crippen molar-refractivity contribution in [3.8, 4) is 0 Å². The zero-order chi connectivity index (χ0) is 13.4. The molecular weight excluding hydrogens is 330 g/mol. The number of amides is 1. The Hall–Kier alpha value is -1.21. The second kappa shape index (κ2) is 4.81. The van der Waals surface area contributed by atoms with Gasteiger partial charge in [-0.05, 0) is 6.07 Å². The van der Waals surface area contributed by atoms with Crippen molar-refractivity contribution in [2.24, 2.45) is 0 Å². The summed E-state index contributed by atoms with van der Waals surface area (Å²) in [6.07, 6.45) is 0.227. The molecule has 5 nitrogen and oxygen atoms in total. The Morgan fingerprint density at radius 2 is 2.22 bits per heavy atom. The predicted molar refractivity (Wildman–Crippen MR) is 67.7 cm³/mol. The molecule has 1 amide bonds. The highest BCUT2D eigenvalue weighted by molar-refractivity contribution is 9.09. The lowest BCUT2D eigenvalue weighted by Crippen LogP contribution is -2.25. The molecule has 1 heterocycles. The predicted octanol–water partition coefficient (Wildman–Crippen LogP) is 2.89. The fraction of sp³-hybridized carbons (Fsp3) is 0.300. The molecule has 1 aliphatic rings. The molecule has 2 rings (SSSR count). The van der Waals surface area contributed by atoms with E-state index in [1.807, 2.05) is 0 Å². The van der Waals surface area contributed by atoms with Crippen LogP contribution in [-0.2, 0) is 4.79 Å². The van der Waals surface area contributed by atoms with Gasteiger partial charge in [-0.3, -0.25) is 14.9 Å². The highest BCUT2D eigenvalue weighted by Crippen LogP contribution is 2.39. The van der Waals surface area contributed by atoms with Gasteiger partial charge < -0.3 is 4.90 Å². The standard InChI is InChI=1S/C10H7BrClFN2O3/c11-5-1-9(16)14(4-5)10-7(12)2-6(13)3-8(10)15(17)18/h2-3,5H,1,4H2. The van der Waals surface area contributed by atoms with Crippen molar-refractivity contribution >= 4 is 44.8 Å². The van der Waals surface area contributed by atoms with E-state index in [2.05, 4.69) is 15.9 Å². The lowest BCUT2D eigenvalue weighted by Gasteiger charge is -2.17. The van der Waals surface area contributed by atoms with Crippen LogP contribution >= 0.6 is 27.5 Å². The van der Waals surface area contributed by atoms with E-state index in [-0.39, 0.29) is 34.4 Å². The van der Waals surface area contributed by atoms with E-state index in [1.165, 1.54) is 4.90 Å². The smallest absolute Gasteiger partial charge is 0.297 e. The van der Waals surface area contributed by atoms with Crippen molar-refractivity contribution in [2.45, 2.75) is 11.2 Å². The van der Waals surface area contributed by atoms with Gasteiger partial charge in [0.25, 0.3) is 5.69 Å². The normalized spacial score (nSPS) is 19.4. The zero-order valence-corrected chi connectivity index (χ0v) is 11.2. The van der Waals surface area contributed by atoms with Gasteiger partial charge in [0.2, 0.25) is 5.91 Å². The van der Waals surface area contributed by atoms with Gasteiger partial charge in [0.15, 0.2) is 0 Å². The number of hydrogen-bond donors (Lipinski definition) is 0. The highest BCUT2D eigenvalue weighted by atomic mass is 79.9. The summed E-state index contributed by atoms with van der Waals surface area (Å²) >= 11 is 9.09. The Morgan fingerprint density at radius 3 is 2.72 bits per heavy atom. The van der Waals surface area contributed by atoms with Crippen LogP contribution in [-0.4, -0.2) is 22.2 Å². The van der Waals surface area contributed by atoms with Crippen LogP contribution < -0.4 is 4.90 Å². The molecule has 0 aromatic heterocycles. The minimum atomic E-state index is -0.808. The molecule has 96 valence electrons. The maximum atomic E-state index is 13.1. The number of anilines is 1. The van der Waals surface area contributed by atoms with Gasteiger partial charge in [0, 0.05) is 17.8 Å². The molecule has 0 radical (unpaired) electrons.